The van der Waals surface area contributed by atoms with E-state index in [1.165, 1.54) is 6.07 Å². The summed E-state index contributed by atoms with van der Waals surface area (Å²) in [6.45, 7) is -0.971. The van der Waals surface area contributed by atoms with Gasteiger partial charge in [0.1, 0.15) is 5.82 Å². The van der Waals surface area contributed by atoms with Gasteiger partial charge < -0.3 is 5.32 Å². The summed E-state index contributed by atoms with van der Waals surface area (Å²) in [5, 5.41) is 2.43. The Kier molecular flexibility index (Phi) is 3.38. The summed E-state index contributed by atoms with van der Waals surface area (Å²) in [4.78, 5) is 0. The van der Waals surface area contributed by atoms with E-state index in [2.05, 4.69) is 5.32 Å². The molecule has 0 aromatic heterocycles. The minimum atomic E-state index is -4.18. The maximum absolute atomic E-state index is 13.4. The predicted molar refractivity (Wildman–Crippen MR) is 56.2 cm³/mol. The second-order valence-corrected chi connectivity index (χ2v) is 4.38. The van der Waals surface area contributed by atoms with Gasteiger partial charge in [-0.15, -0.1) is 0 Å². The van der Waals surface area contributed by atoms with Gasteiger partial charge in [0.15, 0.2) is 0 Å². The molecule has 0 heterocycles. The third kappa shape index (κ3) is 3.19. The second-order valence-electron chi connectivity index (χ2n) is 4.38. The average Bonchev–Trinajstić information content (AvgIpc) is 2.16. The van der Waals surface area contributed by atoms with Crippen LogP contribution >= 0.6 is 0 Å². The van der Waals surface area contributed by atoms with E-state index in [0.717, 1.165) is 0 Å². The maximum atomic E-state index is 13.4. The van der Waals surface area contributed by atoms with Crippen molar-refractivity contribution >= 4 is 0 Å². The maximum Gasteiger partial charge on any atom is 0.401 e. The largest absolute Gasteiger partial charge is 0.401 e. The molecule has 0 atom stereocenters. The van der Waals surface area contributed by atoms with Gasteiger partial charge in [0.2, 0.25) is 0 Å². The third-order valence-corrected chi connectivity index (χ3v) is 3.07. The van der Waals surface area contributed by atoms with E-state index < -0.39 is 12.7 Å². The molecule has 0 spiro atoms. The summed E-state index contributed by atoms with van der Waals surface area (Å²) in [5.41, 5.74) is 0.609. The number of rotatable bonds is 3. The van der Waals surface area contributed by atoms with Crippen LogP contribution in [0, 0.1) is 5.82 Å². The highest BCUT2D eigenvalue weighted by molar-refractivity contribution is 5.24. The molecule has 1 nitrogen and oxygen atoms in total. The summed E-state index contributed by atoms with van der Waals surface area (Å²) in [7, 11) is 0. The first-order valence-corrected chi connectivity index (χ1v) is 5.50. The summed E-state index contributed by atoms with van der Waals surface area (Å²) in [5.74, 6) is -0.228. The molecule has 1 aliphatic rings. The van der Waals surface area contributed by atoms with Gasteiger partial charge in [-0.25, -0.2) is 4.39 Å². The first kappa shape index (κ1) is 12.4. The minimum absolute atomic E-state index is 0.0435. The fraction of sp³-hybridized carbons (Fsp3) is 0.500. The number of alkyl halides is 3. The number of hydrogen-bond donors (Lipinski definition) is 1. The molecular weight excluding hydrogens is 234 g/mol. The molecule has 94 valence electrons. The molecule has 0 amide bonds. The quantitative estimate of drug-likeness (QED) is 0.809. The number of halogens is 4. The van der Waals surface area contributed by atoms with Crippen molar-refractivity contribution in [2.75, 3.05) is 6.54 Å². The first-order valence-electron chi connectivity index (χ1n) is 5.50. The van der Waals surface area contributed by atoms with Crippen LogP contribution in [-0.2, 0) is 0 Å². The molecule has 0 radical (unpaired) electrons. The summed E-state index contributed by atoms with van der Waals surface area (Å²) >= 11 is 0. The molecular formula is C12H13F4N. The van der Waals surface area contributed by atoms with Crippen molar-refractivity contribution in [3.63, 3.8) is 0 Å². The van der Waals surface area contributed by atoms with E-state index in [1.54, 1.807) is 18.2 Å². The summed E-state index contributed by atoms with van der Waals surface area (Å²) in [6.07, 6.45) is -3.04. The Labute approximate surface area is 96.8 Å². The lowest BCUT2D eigenvalue weighted by atomic mass is 9.75. The lowest BCUT2D eigenvalue weighted by Crippen LogP contribution is -2.44. The van der Waals surface area contributed by atoms with Crippen LogP contribution in [0.1, 0.15) is 24.3 Å². The predicted octanol–water partition coefficient (Wildman–Crippen LogP) is 3.22. The third-order valence-electron chi connectivity index (χ3n) is 3.07. The molecule has 17 heavy (non-hydrogen) atoms. The molecule has 1 fully saturated rings. The van der Waals surface area contributed by atoms with Gasteiger partial charge >= 0.3 is 6.18 Å². The molecule has 1 N–H and O–H groups in total. The molecule has 1 aromatic carbocycles. The molecule has 2 rings (SSSR count). The molecule has 1 aromatic rings. The number of benzene rings is 1. The Morgan fingerprint density at radius 2 is 1.82 bits per heavy atom. The Hall–Kier alpha value is -1.10. The zero-order valence-corrected chi connectivity index (χ0v) is 9.10. The molecule has 0 aliphatic heterocycles. The van der Waals surface area contributed by atoms with E-state index in [4.69, 9.17) is 0 Å². The fourth-order valence-corrected chi connectivity index (χ4v) is 2.10. The fourth-order valence-electron chi connectivity index (χ4n) is 2.10. The van der Waals surface area contributed by atoms with Gasteiger partial charge in [-0.1, -0.05) is 18.2 Å². The molecule has 5 heteroatoms. The standard InChI is InChI=1S/C12H13F4N/c13-11-4-2-1-3-10(11)8-5-9(6-8)17-7-12(14,15)16/h1-4,8-9,17H,5-7H2. The number of hydrogen-bond acceptors (Lipinski definition) is 1. The van der Waals surface area contributed by atoms with Crippen molar-refractivity contribution < 1.29 is 17.6 Å². The van der Waals surface area contributed by atoms with Gasteiger partial charge in [0.05, 0.1) is 6.54 Å². The van der Waals surface area contributed by atoms with Crippen molar-refractivity contribution in [3.8, 4) is 0 Å². The van der Waals surface area contributed by atoms with Crippen LogP contribution in [0.2, 0.25) is 0 Å². The van der Waals surface area contributed by atoms with Gasteiger partial charge in [-0.05, 0) is 30.4 Å². The van der Waals surface area contributed by atoms with Crippen LogP contribution in [0.4, 0.5) is 17.6 Å². The molecule has 1 saturated carbocycles. The molecule has 0 saturated heterocycles. The van der Waals surface area contributed by atoms with Crippen LogP contribution in [-0.4, -0.2) is 18.8 Å². The first-order chi connectivity index (χ1) is 7.96. The van der Waals surface area contributed by atoms with Gasteiger partial charge in [-0.3, -0.25) is 0 Å². The van der Waals surface area contributed by atoms with Crippen molar-refractivity contribution in [1.29, 1.82) is 0 Å². The van der Waals surface area contributed by atoms with Crippen molar-refractivity contribution in [2.45, 2.75) is 31.0 Å². The Balaban J connectivity index is 1.81. The summed E-state index contributed by atoms with van der Waals surface area (Å²) in [6, 6.07) is 6.28. The zero-order valence-electron chi connectivity index (χ0n) is 9.10. The van der Waals surface area contributed by atoms with Gasteiger partial charge in [0.25, 0.3) is 0 Å². The van der Waals surface area contributed by atoms with E-state index in [1.807, 2.05) is 0 Å². The van der Waals surface area contributed by atoms with Crippen LogP contribution < -0.4 is 5.32 Å². The van der Waals surface area contributed by atoms with Crippen molar-refractivity contribution in [2.24, 2.45) is 0 Å². The van der Waals surface area contributed by atoms with Crippen molar-refractivity contribution in [1.82, 2.24) is 5.32 Å². The molecule has 0 bridgehead atoms. The highest BCUT2D eigenvalue weighted by Gasteiger charge is 2.35. The van der Waals surface area contributed by atoms with Crippen LogP contribution in [0.3, 0.4) is 0 Å². The van der Waals surface area contributed by atoms with E-state index in [0.29, 0.717) is 18.4 Å². The van der Waals surface area contributed by atoms with Crippen LogP contribution in [0.5, 0.6) is 0 Å². The Morgan fingerprint density at radius 3 is 2.41 bits per heavy atom. The molecule has 0 unspecified atom stereocenters. The highest BCUT2D eigenvalue weighted by atomic mass is 19.4. The number of nitrogens with one attached hydrogen (secondary N) is 1. The lowest BCUT2D eigenvalue weighted by Gasteiger charge is -2.36. The second kappa shape index (κ2) is 4.64. The van der Waals surface area contributed by atoms with Crippen molar-refractivity contribution in [3.05, 3.63) is 35.6 Å². The van der Waals surface area contributed by atoms with Gasteiger partial charge in [-0.2, -0.15) is 13.2 Å². The monoisotopic (exact) mass is 247 g/mol. The summed E-state index contributed by atoms with van der Waals surface area (Å²) < 4.78 is 49.2. The normalized spacial score (nSPS) is 24.5. The van der Waals surface area contributed by atoms with E-state index in [-0.39, 0.29) is 17.8 Å². The topological polar surface area (TPSA) is 12.0 Å². The smallest absolute Gasteiger partial charge is 0.306 e. The Bertz CT molecular complexity index is 382. The zero-order chi connectivity index (χ0) is 12.5. The minimum Gasteiger partial charge on any atom is -0.306 e. The van der Waals surface area contributed by atoms with Gasteiger partial charge in [0, 0.05) is 6.04 Å². The SMILES string of the molecule is Fc1ccccc1C1CC(NCC(F)(F)F)C1. The van der Waals surface area contributed by atoms with E-state index in [9.17, 15) is 17.6 Å². The lowest BCUT2D eigenvalue weighted by molar-refractivity contribution is -0.127. The Morgan fingerprint density at radius 1 is 1.18 bits per heavy atom. The van der Waals surface area contributed by atoms with Crippen LogP contribution in [0.15, 0.2) is 24.3 Å². The van der Waals surface area contributed by atoms with E-state index >= 15 is 0 Å². The average molecular weight is 247 g/mol. The van der Waals surface area contributed by atoms with Crippen LogP contribution in [0.25, 0.3) is 0 Å². The highest BCUT2D eigenvalue weighted by Crippen LogP contribution is 2.38. The molecule has 1 aliphatic carbocycles.